The molecule has 0 fully saturated rings. The van der Waals surface area contributed by atoms with Crippen LogP contribution in [0.4, 0.5) is 18.9 Å². The van der Waals surface area contributed by atoms with Crippen LogP contribution in [0.5, 0.6) is 0 Å². The van der Waals surface area contributed by atoms with Gasteiger partial charge in [-0.2, -0.15) is 13.2 Å². The normalized spacial score (nSPS) is 13.5. The molecule has 3 aromatic rings. The van der Waals surface area contributed by atoms with Crippen LogP contribution >= 0.6 is 20.5 Å². The summed E-state index contributed by atoms with van der Waals surface area (Å²) in [5, 5.41) is 5.27. The highest BCUT2D eigenvalue weighted by Crippen LogP contribution is 2.51. The van der Waals surface area contributed by atoms with Crippen molar-refractivity contribution in [1.82, 2.24) is 0 Å². The molecule has 0 atom stereocenters. The van der Waals surface area contributed by atoms with Crippen molar-refractivity contribution in [2.24, 2.45) is 5.73 Å². The Balaban J connectivity index is 1.99. The van der Waals surface area contributed by atoms with E-state index >= 15 is 0 Å². The van der Waals surface area contributed by atoms with Gasteiger partial charge in [0.1, 0.15) is 0 Å². The second-order valence-corrected chi connectivity index (χ2v) is 11.1. The van der Waals surface area contributed by atoms with Crippen molar-refractivity contribution in [2.45, 2.75) is 17.8 Å². The van der Waals surface area contributed by atoms with E-state index in [9.17, 15) is 13.2 Å². The molecule has 0 radical (unpaired) electrons. The molecule has 1 aliphatic rings. The molecular formula is C23H21F3N2S2. The number of nitrogens with one attached hydrogen (secondary N) is 1. The summed E-state index contributed by atoms with van der Waals surface area (Å²) in [7, 11) is -3.35. The Morgan fingerprint density at radius 1 is 1.00 bits per heavy atom. The van der Waals surface area contributed by atoms with E-state index in [1.54, 1.807) is 17.4 Å². The maximum absolute atomic E-state index is 13.6. The molecule has 156 valence electrons. The Morgan fingerprint density at radius 2 is 1.70 bits per heavy atom. The van der Waals surface area contributed by atoms with E-state index in [1.165, 1.54) is 0 Å². The third-order valence-corrected chi connectivity index (χ3v) is 8.01. The number of anilines is 1. The third-order valence-electron chi connectivity index (χ3n) is 5.19. The summed E-state index contributed by atoms with van der Waals surface area (Å²) >= 11 is 1.55. The van der Waals surface area contributed by atoms with Crippen LogP contribution in [-0.2, 0) is 12.3 Å². The molecule has 0 saturated heterocycles. The molecule has 0 bridgehead atoms. The van der Waals surface area contributed by atoms with Crippen LogP contribution in [0.15, 0.2) is 54.4 Å². The quantitative estimate of drug-likeness (QED) is 0.442. The highest BCUT2D eigenvalue weighted by molar-refractivity contribution is 8.27. The SMILES string of the molecule is C=C1Nc2ccc(CS(=C)(=C)C(F)(F)F)c(-c3ccc(CN)cc3)c2-c2ccsc21. The van der Waals surface area contributed by atoms with E-state index in [1.807, 2.05) is 41.8 Å². The Morgan fingerprint density at radius 3 is 2.33 bits per heavy atom. The minimum atomic E-state index is -4.44. The van der Waals surface area contributed by atoms with Crippen LogP contribution in [0.1, 0.15) is 16.0 Å². The zero-order valence-electron chi connectivity index (χ0n) is 16.2. The first-order valence-corrected chi connectivity index (χ1v) is 12.2. The predicted octanol–water partition coefficient (Wildman–Crippen LogP) is 6.63. The van der Waals surface area contributed by atoms with Gasteiger partial charge in [0.15, 0.2) is 0 Å². The smallest absolute Gasteiger partial charge is 0.354 e. The van der Waals surface area contributed by atoms with E-state index in [-0.39, 0.29) is 5.75 Å². The fourth-order valence-electron chi connectivity index (χ4n) is 3.63. The van der Waals surface area contributed by atoms with Gasteiger partial charge in [0.2, 0.25) is 0 Å². The number of nitrogens with two attached hydrogens (primary N) is 1. The second kappa shape index (κ2) is 7.34. The first kappa shape index (κ1) is 20.8. The molecule has 0 saturated carbocycles. The molecule has 0 aliphatic carbocycles. The molecule has 0 amide bonds. The predicted molar refractivity (Wildman–Crippen MR) is 127 cm³/mol. The largest absolute Gasteiger partial charge is 0.431 e. The van der Waals surface area contributed by atoms with Gasteiger partial charge in [-0.3, -0.25) is 0 Å². The molecule has 30 heavy (non-hydrogen) atoms. The van der Waals surface area contributed by atoms with Crippen molar-refractivity contribution in [3.8, 4) is 22.3 Å². The van der Waals surface area contributed by atoms with Crippen molar-refractivity contribution in [3.63, 3.8) is 0 Å². The fourth-order valence-corrected chi connectivity index (χ4v) is 5.46. The van der Waals surface area contributed by atoms with Gasteiger partial charge in [0.05, 0.1) is 4.88 Å². The molecule has 4 rings (SSSR count). The minimum absolute atomic E-state index is 0.252. The van der Waals surface area contributed by atoms with Gasteiger partial charge in [-0.05, 0) is 39.8 Å². The average Bonchev–Trinajstić information content (AvgIpc) is 3.18. The lowest BCUT2D eigenvalue weighted by Crippen LogP contribution is -2.11. The maximum atomic E-state index is 13.6. The summed E-state index contributed by atoms with van der Waals surface area (Å²) in [5.41, 5.74) is 7.89. The van der Waals surface area contributed by atoms with Gasteiger partial charge < -0.3 is 11.1 Å². The first-order valence-electron chi connectivity index (χ1n) is 9.15. The lowest BCUT2D eigenvalue weighted by atomic mass is 9.87. The monoisotopic (exact) mass is 446 g/mol. The van der Waals surface area contributed by atoms with E-state index in [4.69, 9.17) is 5.73 Å². The van der Waals surface area contributed by atoms with Gasteiger partial charge >= 0.3 is 5.51 Å². The number of benzene rings is 2. The Labute approximate surface area is 178 Å². The summed E-state index contributed by atoms with van der Waals surface area (Å²) in [4.78, 5) is 0.984. The number of hydrogen-bond donors (Lipinski definition) is 2. The van der Waals surface area contributed by atoms with Gasteiger partial charge in [0, 0.05) is 34.8 Å². The van der Waals surface area contributed by atoms with E-state index < -0.39 is 14.7 Å². The van der Waals surface area contributed by atoms with Crippen LogP contribution in [0.2, 0.25) is 0 Å². The number of rotatable bonds is 4. The molecule has 2 aromatic carbocycles. The maximum Gasteiger partial charge on any atom is 0.431 e. The van der Waals surface area contributed by atoms with Gasteiger partial charge in [-0.15, -0.1) is 20.5 Å². The fraction of sp³-hybridized carbons (Fsp3) is 0.130. The molecule has 3 N–H and O–H groups in total. The van der Waals surface area contributed by atoms with Crippen molar-refractivity contribution in [3.05, 3.63) is 70.4 Å². The zero-order chi connectivity index (χ0) is 21.7. The number of fused-ring (bicyclic) bond motifs is 3. The summed E-state index contributed by atoms with van der Waals surface area (Å²) in [5.74, 6) is 6.67. The lowest BCUT2D eigenvalue weighted by Gasteiger charge is -2.27. The van der Waals surface area contributed by atoms with Crippen molar-refractivity contribution in [2.75, 3.05) is 5.32 Å². The first-order chi connectivity index (χ1) is 14.1. The molecule has 0 spiro atoms. The van der Waals surface area contributed by atoms with Crippen molar-refractivity contribution >= 4 is 43.7 Å². The topological polar surface area (TPSA) is 38.0 Å². The van der Waals surface area contributed by atoms with Crippen LogP contribution in [-0.4, -0.2) is 17.2 Å². The molecule has 2 heterocycles. The molecule has 0 unspecified atom stereocenters. The summed E-state index contributed by atoms with van der Waals surface area (Å²) in [6.07, 6.45) is 0. The van der Waals surface area contributed by atoms with Crippen LogP contribution in [0.3, 0.4) is 0 Å². The van der Waals surface area contributed by atoms with Crippen LogP contribution < -0.4 is 11.1 Å². The lowest BCUT2D eigenvalue weighted by molar-refractivity contribution is -0.0341. The second-order valence-electron chi connectivity index (χ2n) is 7.33. The van der Waals surface area contributed by atoms with Crippen LogP contribution in [0.25, 0.3) is 28.0 Å². The Bertz CT molecular complexity index is 1230. The van der Waals surface area contributed by atoms with Gasteiger partial charge in [-0.25, -0.2) is 0 Å². The Kier molecular flexibility index (Phi) is 5.08. The molecule has 7 heteroatoms. The van der Waals surface area contributed by atoms with E-state index in [2.05, 4.69) is 23.6 Å². The van der Waals surface area contributed by atoms with E-state index in [0.29, 0.717) is 12.1 Å². The zero-order valence-corrected chi connectivity index (χ0v) is 17.8. The number of hydrogen-bond acceptors (Lipinski definition) is 3. The highest BCUT2D eigenvalue weighted by Gasteiger charge is 2.35. The number of thiophene rings is 1. The average molecular weight is 447 g/mol. The van der Waals surface area contributed by atoms with Crippen molar-refractivity contribution < 1.29 is 13.2 Å². The molecule has 1 aromatic heterocycles. The standard InChI is InChI=1S/C23H21F3N2S2/c1-14-22-18(10-11-29-22)21-19(28-14)9-8-17(13-30(2,3)23(24,25)26)20(21)16-6-4-15(12-27)5-7-16/h4-11,28H,1-3,12-13,27H2. The summed E-state index contributed by atoms with van der Waals surface area (Å²) in [6, 6.07) is 13.2. The van der Waals surface area contributed by atoms with Gasteiger partial charge in [-0.1, -0.05) is 48.7 Å². The molecular weight excluding hydrogens is 425 g/mol. The third kappa shape index (κ3) is 3.47. The summed E-state index contributed by atoms with van der Waals surface area (Å²) < 4.78 is 40.8. The number of halogens is 3. The Hall–Kier alpha value is -2.48. The number of alkyl halides is 3. The molecule has 2 nitrogen and oxygen atoms in total. The van der Waals surface area contributed by atoms with Crippen LogP contribution in [0, 0.1) is 0 Å². The van der Waals surface area contributed by atoms with Gasteiger partial charge in [0.25, 0.3) is 0 Å². The van der Waals surface area contributed by atoms with E-state index in [0.717, 1.165) is 44.1 Å². The highest BCUT2D eigenvalue weighted by atomic mass is 32.2. The summed E-state index contributed by atoms with van der Waals surface area (Å²) in [6.45, 7) is 4.48. The van der Waals surface area contributed by atoms with Crippen molar-refractivity contribution in [1.29, 1.82) is 0 Å². The molecule has 1 aliphatic heterocycles. The minimum Gasteiger partial charge on any atom is -0.354 e.